The maximum Gasteiger partial charge on any atom is 0.330 e. The van der Waals surface area contributed by atoms with Crippen molar-refractivity contribution in [1.29, 1.82) is 0 Å². The van der Waals surface area contributed by atoms with Crippen LogP contribution in [0.15, 0.2) is 41.2 Å². The van der Waals surface area contributed by atoms with Gasteiger partial charge in [0.25, 0.3) is 5.56 Å². The molecule has 8 nitrogen and oxygen atoms in total. The topological polar surface area (TPSA) is 124 Å². The number of rotatable bonds is 6. The molecule has 1 unspecified atom stereocenters. The van der Waals surface area contributed by atoms with Crippen molar-refractivity contribution < 1.29 is 14.7 Å². The lowest BCUT2D eigenvalue weighted by molar-refractivity contribution is -0.142. The van der Waals surface area contributed by atoms with Crippen molar-refractivity contribution in [3.8, 4) is 11.3 Å². The molecule has 0 radical (unpaired) electrons. The van der Waals surface area contributed by atoms with E-state index in [9.17, 15) is 14.4 Å². The Kier molecular flexibility index (Phi) is 4.64. The fraction of sp³-hybridized carbons (Fsp3) is 0.143. The summed E-state index contributed by atoms with van der Waals surface area (Å²) in [4.78, 5) is 40.3. The molecule has 0 spiro atoms. The minimum atomic E-state index is -1.44. The first-order valence-electron chi connectivity index (χ1n) is 6.39. The van der Waals surface area contributed by atoms with Crippen molar-refractivity contribution in [1.82, 2.24) is 15.4 Å². The minimum Gasteiger partial charge on any atom is -0.480 e. The second-order valence-electron chi connectivity index (χ2n) is 4.50. The highest BCUT2D eigenvalue weighted by Gasteiger charge is 2.22. The predicted octanol–water partition coefficient (Wildman–Crippen LogP) is 0.396. The standard InChI is InChI=1S/C14H14N4O4/c1-8(19)12(13(21)22)17-18-14-15-10(7-11(20)16-14)9-5-3-2-4-6-9/h2-7,12,17H,1H3,(H,21,22)(H2,15,16,18,20). The van der Waals surface area contributed by atoms with Gasteiger partial charge < -0.3 is 5.11 Å². The molecule has 2 rings (SSSR count). The molecule has 1 heterocycles. The van der Waals surface area contributed by atoms with Gasteiger partial charge in [-0.2, -0.15) is 0 Å². The van der Waals surface area contributed by atoms with Crippen molar-refractivity contribution in [3.05, 3.63) is 46.8 Å². The number of carbonyl (C=O) groups excluding carboxylic acids is 1. The lowest BCUT2D eigenvalue weighted by Crippen LogP contribution is -2.45. The van der Waals surface area contributed by atoms with E-state index in [1.165, 1.54) is 6.07 Å². The summed E-state index contributed by atoms with van der Waals surface area (Å²) in [7, 11) is 0. The van der Waals surface area contributed by atoms with Crippen molar-refractivity contribution in [2.75, 3.05) is 5.43 Å². The Morgan fingerprint density at radius 3 is 2.55 bits per heavy atom. The third kappa shape index (κ3) is 3.76. The zero-order chi connectivity index (χ0) is 16.1. The number of Topliss-reactive ketones (excluding diaryl/α,β-unsaturated/α-hetero) is 1. The van der Waals surface area contributed by atoms with Gasteiger partial charge >= 0.3 is 5.97 Å². The summed E-state index contributed by atoms with van der Waals surface area (Å²) in [5, 5.41) is 8.89. The average Bonchev–Trinajstić information content (AvgIpc) is 2.47. The molecule has 2 aromatic rings. The molecule has 8 heteroatoms. The molecule has 1 atom stereocenters. The summed E-state index contributed by atoms with van der Waals surface area (Å²) < 4.78 is 0. The lowest BCUT2D eigenvalue weighted by atomic mass is 10.1. The maximum absolute atomic E-state index is 11.7. The van der Waals surface area contributed by atoms with E-state index >= 15 is 0 Å². The number of hydrogen-bond acceptors (Lipinski definition) is 6. The molecule has 0 saturated carbocycles. The summed E-state index contributed by atoms with van der Waals surface area (Å²) in [6.07, 6.45) is 0. The molecule has 0 bridgehead atoms. The van der Waals surface area contributed by atoms with Crippen LogP contribution in [0.4, 0.5) is 5.95 Å². The fourth-order valence-electron chi connectivity index (χ4n) is 1.75. The molecule has 0 amide bonds. The van der Waals surface area contributed by atoms with Crippen LogP contribution in [0.25, 0.3) is 11.3 Å². The van der Waals surface area contributed by atoms with Gasteiger partial charge in [-0.1, -0.05) is 30.3 Å². The smallest absolute Gasteiger partial charge is 0.330 e. The largest absolute Gasteiger partial charge is 0.480 e. The zero-order valence-corrected chi connectivity index (χ0v) is 11.7. The van der Waals surface area contributed by atoms with E-state index in [4.69, 9.17) is 5.11 Å². The Morgan fingerprint density at radius 2 is 1.95 bits per heavy atom. The predicted molar refractivity (Wildman–Crippen MR) is 79.2 cm³/mol. The summed E-state index contributed by atoms with van der Waals surface area (Å²) in [6, 6.07) is 8.90. The summed E-state index contributed by atoms with van der Waals surface area (Å²) in [6.45, 7) is 1.14. The zero-order valence-electron chi connectivity index (χ0n) is 11.7. The lowest BCUT2D eigenvalue weighted by Gasteiger charge is -2.13. The third-order valence-corrected chi connectivity index (χ3v) is 2.80. The molecule has 0 saturated heterocycles. The molecule has 22 heavy (non-hydrogen) atoms. The van der Waals surface area contributed by atoms with E-state index in [1.807, 2.05) is 6.07 Å². The van der Waals surface area contributed by atoms with Gasteiger partial charge in [0.15, 0.2) is 11.8 Å². The number of nitrogens with zero attached hydrogens (tertiary/aromatic N) is 1. The van der Waals surface area contributed by atoms with Crippen molar-refractivity contribution in [2.24, 2.45) is 0 Å². The number of hydrogen-bond donors (Lipinski definition) is 4. The number of aliphatic carboxylic acids is 1. The number of ketones is 1. The van der Waals surface area contributed by atoms with Gasteiger partial charge in [0, 0.05) is 11.6 Å². The second kappa shape index (κ2) is 6.64. The Morgan fingerprint density at radius 1 is 1.27 bits per heavy atom. The van der Waals surface area contributed by atoms with Crippen LogP contribution in [-0.2, 0) is 9.59 Å². The number of anilines is 1. The number of carboxylic acids is 1. The Labute approximate surface area is 125 Å². The van der Waals surface area contributed by atoms with E-state index < -0.39 is 23.4 Å². The quantitative estimate of drug-likeness (QED) is 0.449. The number of aromatic amines is 1. The average molecular weight is 302 g/mol. The molecule has 4 N–H and O–H groups in total. The number of carbonyl (C=O) groups is 2. The first-order chi connectivity index (χ1) is 10.5. The normalized spacial score (nSPS) is 11.7. The molecule has 0 aliphatic rings. The number of benzene rings is 1. The van der Waals surface area contributed by atoms with Gasteiger partial charge in [-0.3, -0.25) is 20.0 Å². The van der Waals surface area contributed by atoms with Gasteiger partial charge in [-0.25, -0.2) is 15.2 Å². The maximum atomic E-state index is 11.7. The highest BCUT2D eigenvalue weighted by atomic mass is 16.4. The fourth-order valence-corrected chi connectivity index (χ4v) is 1.75. The highest BCUT2D eigenvalue weighted by molar-refractivity contribution is 6.01. The second-order valence-corrected chi connectivity index (χ2v) is 4.50. The molecule has 1 aromatic carbocycles. The monoisotopic (exact) mass is 302 g/mol. The van der Waals surface area contributed by atoms with E-state index in [0.29, 0.717) is 5.69 Å². The molecule has 114 valence electrons. The number of hydrazine groups is 1. The molecule has 1 aromatic heterocycles. The van der Waals surface area contributed by atoms with Gasteiger partial charge in [0.1, 0.15) is 0 Å². The van der Waals surface area contributed by atoms with Gasteiger partial charge in [-0.15, -0.1) is 0 Å². The van der Waals surface area contributed by atoms with Crippen LogP contribution in [0.2, 0.25) is 0 Å². The number of nitrogens with one attached hydrogen (secondary N) is 3. The summed E-state index contributed by atoms with van der Waals surface area (Å²) >= 11 is 0. The molecule has 0 aliphatic heterocycles. The SMILES string of the molecule is CC(=O)C(NNc1nc(-c2ccccc2)cc(=O)[nH]1)C(=O)O. The van der Waals surface area contributed by atoms with Crippen LogP contribution in [0.3, 0.4) is 0 Å². The van der Waals surface area contributed by atoms with Gasteiger partial charge in [-0.05, 0) is 6.92 Å². The number of carboxylic acid groups (broad SMARTS) is 1. The van der Waals surface area contributed by atoms with Crippen LogP contribution < -0.4 is 16.4 Å². The third-order valence-electron chi connectivity index (χ3n) is 2.80. The number of aromatic nitrogens is 2. The van der Waals surface area contributed by atoms with Crippen LogP contribution in [-0.4, -0.2) is 32.9 Å². The van der Waals surface area contributed by atoms with Gasteiger partial charge in [0.2, 0.25) is 5.95 Å². The van der Waals surface area contributed by atoms with Gasteiger partial charge in [0.05, 0.1) is 5.69 Å². The molecular formula is C14H14N4O4. The van der Waals surface area contributed by atoms with E-state index in [-0.39, 0.29) is 5.95 Å². The van der Waals surface area contributed by atoms with Crippen molar-refractivity contribution in [3.63, 3.8) is 0 Å². The first kappa shape index (κ1) is 15.4. The number of H-pyrrole nitrogens is 1. The van der Waals surface area contributed by atoms with Crippen molar-refractivity contribution >= 4 is 17.7 Å². The van der Waals surface area contributed by atoms with Crippen LogP contribution in [0.5, 0.6) is 0 Å². The summed E-state index contributed by atoms with van der Waals surface area (Å²) in [5.74, 6) is -1.90. The minimum absolute atomic E-state index is 0.0128. The molecule has 0 fully saturated rings. The Balaban J connectivity index is 2.22. The van der Waals surface area contributed by atoms with Crippen LogP contribution in [0, 0.1) is 0 Å². The molecular weight excluding hydrogens is 288 g/mol. The van der Waals surface area contributed by atoms with E-state index in [2.05, 4.69) is 20.8 Å². The van der Waals surface area contributed by atoms with Crippen LogP contribution in [0.1, 0.15) is 6.92 Å². The Hall–Kier alpha value is -3.00. The summed E-state index contributed by atoms with van der Waals surface area (Å²) in [5.41, 5.74) is 5.49. The van der Waals surface area contributed by atoms with E-state index in [0.717, 1.165) is 12.5 Å². The first-order valence-corrected chi connectivity index (χ1v) is 6.39. The highest BCUT2D eigenvalue weighted by Crippen LogP contribution is 2.14. The van der Waals surface area contributed by atoms with Crippen molar-refractivity contribution in [2.45, 2.75) is 13.0 Å². The van der Waals surface area contributed by atoms with Crippen LogP contribution >= 0.6 is 0 Å². The Bertz CT molecular complexity index is 728. The molecule has 0 aliphatic carbocycles. The van der Waals surface area contributed by atoms with E-state index in [1.54, 1.807) is 24.3 Å².